The second-order valence-corrected chi connectivity index (χ2v) is 12.0. The molecule has 0 unspecified atom stereocenters. The molecular weight excluding hydrogens is 576 g/mol. The molecule has 1 N–H and O–H groups in total. The third-order valence-corrected chi connectivity index (χ3v) is 8.84. The quantitative estimate of drug-likeness (QED) is 0.271. The fourth-order valence-corrected chi connectivity index (χ4v) is 5.93. The molecule has 2 atom stereocenters. The first kappa shape index (κ1) is 31.4. The molecule has 0 fully saturated rings. The monoisotopic (exact) mass is 607 g/mol. The summed E-state index contributed by atoms with van der Waals surface area (Å²) in [4.78, 5) is 28.5. The number of halogens is 3. The molecule has 0 aliphatic heterocycles. The Morgan fingerprint density at radius 2 is 1.60 bits per heavy atom. The minimum Gasteiger partial charge on any atom is -0.352 e. The zero-order chi connectivity index (χ0) is 29.4. The second kappa shape index (κ2) is 14.0. The van der Waals surface area contributed by atoms with Gasteiger partial charge in [-0.15, -0.1) is 0 Å². The summed E-state index contributed by atoms with van der Waals surface area (Å²) < 4.78 is 42.0. The lowest BCUT2D eigenvalue weighted by Crippen LogP contribution is -2.53. The molecule has 0 aromatic heterocycles. The number of nitrogens with one attached hydrogen (secondary N) is 1. The van der Waals surface area contributed by atoms with Crippen molar-refractivity contribution in [3.8, 4) is 0 Å². The number of nitrogens with zero attached hydrogens (tertiary/aromatic N) is 2. The number of anilines is 1. The van der Waals surface area contributed by atoms with Crippen LogP contribution < -0.4 is 9.62 Å². The van der Waals surface area contributed by atoms with E-state index >= 15 is 0 Å². The molecule has 0 aliphatic rings. The van der Waals surface area contributed by atoms with Crippen LogP contribution in [0.15, 0.2) is 77.7 Å². The summed E-state index contributed by atoms with van der Waals surface area (Å²) in [6, 6.07) is 16.3. The lowest BCUT2D eigenvalue weighted by Gasteiger charge is -2.34. The van der Waals surface area contributed by atoms with Gasteiger partial charge in [0.1, 0.15) is 18.4 Å². The van der Waals surface area contributed by atoms with Crippen molar-refractivity contribution in [3.05, 3.63) is 94.2 Å². The predicted octanol–water partition coefficient (Wildman–Crippen LogP) is 6.05. The number of carbonyl (C=O) groups excluding carboxylic acids is 2. The number of rotatable bonds is 12. The molecule has 214 valence electrons. The van der Waals surface area contributed by atoms with E-state index in [1.807, 2.05) is 13.8 Å². The van der Waals surface area contributed by atoms with Crippen LogP contribution in [-0.4, -0.2) is 43.8 Å². The molecule has 0 aliphatic carbocycles. The van der Waals surface area contributed by atoms with E-state index in [4.69, 9.17) is 23.2 Å². The number of para-hydroxylation sites is 1. The molecule has 0 saturated heterocycles. The van der Waals surface area contributed by atoms with Crippen molar-refractivity contribution in [3.63, 3.8) is 0 Å². The van der Waals surface area contributed by atoms with Crippen LogP contribution in [-0.2, 0) is 26.2 Å². The maximum absolute atomic E-state index is 14.0. The van der Waals surface area contributed by atoms with E-state index < -0.39 is 34.3 Å². The zero-order valence-electron chi connectivity index (χ0n) is 22.5. The van der Waals surface area contributed by atoms with E-state index in [0.717, 1.165) is 28.6 Å². The van der Waals surface area contributed by atoms with E-state index in [-0.39, 0.29) is 35.5 Å². The van der Waals surface area contributed by atoms with Crippen molar-refractivity contribution in [1.82, 2.24) is 10.2 Å². The Morgan fingerprint density at radius 1 is 0.950 bits per heavy atom. The van der Waals surface area contributed by atoms with Gasteiger partial charge in [-0.05, 0) is 73.9 Å². The number of hydrogen-bond donors (Lipinski definition) is 1. The van der Waals surface area contributed by atoms with Gasteiger partial charge in [-0.3, -0.25) is 13.9 Å². The normalized spacial score (nSPS) is 12.8. The van der Waals surface area contributed by atoms with Gasteiger partial charge in [0, 0.05) is 22.6 Å². The van der Waals surface area contributed by atoms with Gasteiger partial charge in [0.25, 0.3) is 10.0 Å². The number of benzene rings is 3. The van der Waals surface area contributed by atoms with Gasteiger partial charge in [0.05, 0.1) is 10.6 Å². The summed E-state index contributed by atoms with van der Waals surface area (Å²) in [5.41, 5.74) is 0.781. The molecule has 40 heavy (non-hydrogen) atoms. The van der Waals surface area contributed by atoms with Gasteiger partial charge < -0.3 is 10.2 Å². The van der Waals surface area contributed by atoms with Crippen molar-refractivity contribution < 1.29 is 22.4 Å². The first-order valence-corrected chi connectivity index (χ1v) is 15.0. The van der Waals surface area contributed by atoms with Gasteiger partial charge >= 0.3 is 0 Å². The summed E-state index contributed by atoms with van der Waals surface area (Å²) in [7, 11) is -4.29. The largest absolute Gasteiger partial charge is 0.352 e. The summed E-state index contributed by atoms with van der Waals surface area (Å²) in [6.45, 7) is 4.90. The number of sulfonamides is 1. The fourth-order valence-electron chi connectivity index (χ4n) is 4.05. The molecular formula is C29H32Cl2FN3O4S. The van der Waals surface area contributed by atoms with Crippen molar-refractivity contribution >= 4 is 50.7 Å². The highest BCUT2D eigenvalue weighted by Crippen LogP contribution is 2.27. The van der Waals surface area contributed by atoms with E-state index in [9.17, 15) is 22.4 Å². The standard InChI is InChI=1S/C29H32Cl2FN3O4S/c1-4-20(3)33-29(37)27(5-2)34(18-21-11-12-22(30)17-26(21)31)28(36)19-35(24-9-7-6-8-10-24)40(38,39)25-15-13-23(32)14-16-25/h6-17,20,27H,4-5,18-19H2,1-3H3,(H,33,37)/t20-,27+/m0/s1. The zero-order valence-corrected chi connectivity index (χ0v) is 24.8. The fraction of sp³-hybridized carbons (Fsp3) is 0.310. The Hall–Kier alpha value is -3.14. The average molecular weight is 609 g/mol. The first-order valence-electron chi connectivity index (χ1n) is 12.8. The Labute approximate surface area is 244 Å². The van der Waals surface area contributed by atoms with Gasteiger partial charge in [0.15, 0.2) is 0 Å². The van der Waals surface area contributed by atoms with Crippen molar-refractivity contribution in [2.75, 3.05) is 10.8 Å². The van der Waals surface area contributed by atoms with Gasteiger partial charge in [-0.25, -0.2) is 12.8 Å². The lowest BCUT2D eigenvalue weighted by molar-refractivity contribution is -0.140. The van der Waals surface area contributed by atoms with E-state index in [1.165, 1.54) is 11.0 Å². The Kier molecular flexibility index (Phi) is 11.0. The third-order valence-electron chi connectivity index (χ3n) is 6.47. The number of carbonyl (C=O) groups is 2. The van der Waals surface area contributed by atoms with E-state index in [1.54, 1.807) is 49.4 Å². The Morgan fingerprint density at radius 3 is 2.17 bits per heavy atom. The SMILES string of the molecule is CC[C@H](C(=O)N[C@@H](C)CC)N(Cc1ccc(Cl)cc1Cl)C(=O)CN(c1ccccc1)S(=O)(=O)c1ccc(F)cc1. The molecule has 3 aromatic carbocycles. The highest BCUT2D eigenvalue weighted by atomic mass is 35.5. The van der Waals surface area contributed by atoms with Crippen LogP contribution in [0, 0.1) is 5.82 Å². The minimum atomic E-state index is -4.29. The van der Waals surface area contributed by atoms with Crippen LogP contribution in [0.2, 0.25) is 10.0 Å². The van der Waals surface area contributed by atoms with E-state index in [0.29, 0.717) is 22.0 Å². The van der Waals surface area contributed by atoms with Crippen LogP contribution in [0.4, 0.5) is 10.1 Å². The molecule has 0 saturated carbocycles. The molecule has 0 spiro atoms. The Bertz CT molecular complexity index is 1420. The highest BCUT2D eigenvalue weighted by Gasteiger charge is 2.34. The van der Waals surface area contributed by atoms with Crippen molar-refractivity contribution in [1.29, 1.82) is 0 Å². The topological polar surface area (TPSA) is 86.8 Å². The molecule has 2 amide bonds. The molecule has 0 heterocycles. The maximum Gasteiger partial charge on any atom is 0.264 e. The molecule has 3 rings (SSSR count). The van der Waals surface area contributed by atoms with Crippen LogP contribution >= 0.6 is 23.2 Å². The van der Waals surface area contributed by atoms with E-state index in [2.05, 4.69) is 5.32 Å². The Balaban J connectivity index is 2.06. The molecule has 11 heteroatoms. The predicted molar refractivity (Wildman–Crippen MR) is 156 cm³/mol. The summed E-state index contributed by atoms with van der Waals surface area (Å²) in [5, 5.41) is 3.64. The van der Waals surface area contributed by atoms with Gasteiger partial charge in [-0.2, -0.15) is 0 Å². The summed E-state index contributed by atoms with van der Waals surface area (Å²) in [6.07, 6.45) is 0.964. The highest BCUT2D eigenvalue weighted by molar-refractivity contribution is 7.92. The van der Waals surface area contributed by atoms with Crippen LogP contribution in [0.3, 0.4) is 0 Å². The minimum absolute atomic E-state index is 0.0551. The van der Waals surface area contributed by atoms with Crippen LogP contribution in [0.1, 0.15) is 39.2 Å². The molecule has 3 aromatic rings. The summed E-state index contributed by atoms with van der Waals surface area (Å²) in [5.74, 6) is -1.57. The van der Waals surface area contributed by atoms with Gasteiger partial charge in [0.2, 0.25) is 11.8 Å². The molecule has 0 radical (unpaired) electrons. The average Bonchev–Trinajstić information content (AvgIpc) is 2.93. The lowest BCUT2D eigenvalue weighted by atomic mass is 10.1. The van der Waals surface area contributed by atoms with Crippen molar-refractivity contribution in [2.45, 2.75) is 57.1 Å². The third kappa shape index (κ3) is 7.74. The first-order chi connectivity index (χ1) is 19.0. The molecule has 7 nitrogen and oxygen atoms in total. The molecule has 0 bridgehead atoms. The number of hydrogen-bond acceptors (Lipinski definition) is 4. The van der Waals surface area contributed by atoms with Gasteiger partial charge in [-0.1, -0.05) is 61.3 Å². The number of amides is 2. The van der Waals surface area contributed by atoms with Crippen molar-refractivity contribution in [2.24, 2.45) is 0 Å². The smallest absolute Gasteiger partial charge is 0.264 e. The maximum atomic E-state index is 14.0. The van der Waals surface area contributed by atoms with Crippen LogP contribution in [0.5, 0.6) is 0 Å². The second-order valence-electron chi connectivity index (χ2n) is 9.30. The van der Waals surface area contributed by atoms with Crippen LogP contribution in [0.25, 0.3) is 0 Å². The summed E-state index contributed by atoms with van der Waals surface area (Å²) >= 11 is 12.5.